The molecule has 1 N–H and O–H groups in total. The number of carbonyl (C=O) groups excluding carboxylic acids is 1. The predicted octanol–water partition coefficient (Wildman–Crippen LogP) is 4.24. The van der Waals surface area contributed by atoms with Gasteiger partial charge in [0, 0.05) is 10.6 Å². The van der Waals surface area contributed by atoms with E-state index in [0.29, 0.717) is 38.2 Å². The number of carbonyl (C=O) groups is 1. The SMILES string of the molecule is O=C1C=Nc2c(-c3ccccc3Cl)nc(OCCO)nc2C1c1ccccc1Cl. The van der Waals surface area contributed by atoms with Crippen LogP contribution in [0.2, 0.25) is 10.0 Å². The molecule has 1 aromatic heterocycles. The molecule has 6 nitrogen and oxygen atoms in total. The van der Waals surface area contributed by atoms with Crippen molar-refractivity contribution in [2.24, 2.45) is 4.99 Å². The maximum atomic E-state index is 12.8. The molecule has 1 aliphatic rings. The first kappa shape index (κ1) is 19.5. The van der Waals surface area contributed by atoms with Gasteiger partial charge in [-0.2, -0.15) is 9.97 Å². The standard InChI is InChI=1S/C21H15Cl2N3O3/c22-14-7-3-1-5-12(14)17-16(28)11-24-20-18(13-6-2-4-8-15(13)23)25-21(26-19(17)20)29-10-9-27/h1-8,11,17,27H,9-10H2. The first-order chi connectivity index (χ1) is 14.1. The molecule has 0 amide bonds. The Morgan fingerprint density at radius 1 is 1.00 bits per heavy atom. The molecular formula is C21H15Cl2N3O3. The molecule has 0 saturated carbocycles. The molecule has 4 rings (SSSR count). The molecule has 0 bridgehead atoms. The summed E-state index contributed by atoms with van der Waals surface area (Å²) in [5.74, 6) is -1.00. The van der Waals surface area contributed by atoms with Crippen LogP contribution in [0.5, 0.6) is 6.01 Å². The summed E-state index contributed by atoms with van der Waals surface area (Å²) in [4.78, 5) is 26.0. The molecule has 0 radical (unpaired) electrons. The van der Waals surface area contributed by atoms with Gasteiger partial charge in [0.15, 0.2) is 5.78 Å². The third kappa shape index (κ3) is 3.74. The average Bonchev–Trinajstić information content (AvgIpc) is 2.73. The van der Waals surface area contributed by atoms with Crippen LogP contribution in [0.3, 0.4) is 0 Å². The molecule has 0 fully saturated rings. The second kappa shape index (κ2) is 8.29. The van der Waals surface area contributed by atoms with Crippen LogP contribution in [0.1, 0.15) is 17.2 Å². The van der Waals surface area contributed by atoms with Gasteiger partial charge in [0.25, 0.3) is 0 Å². The predicted molar refractivity (Wildman–Crippen MR) is 112 cm³/mol. The number of benzene rings is 2. The number of aliphatic imine (C=N–C) groups is 1. The lowest BCUT2D eigenvalue weighted by Gasteiger charge is -2.22. The van der Waals surface area contributed by atoms with Crippen molar-refractivity contribution in [2.75, 3.05) is 13.2 Å². The van der Waals surface area contributed by atoms with Crippen LogP contribution < -0.4 is 4.74 Å². The minimum atomic E-state index is -0.753. The minimum absolute atomic E-state index is 0.00865. The molecule has 29 heavy (non-hydrogen) atoms. The number of hydrogen-bond acceptors (Lipinski definition) is 6. The number of halogens is 2. The quantitative estimate of drug-likeness (QED) is 0.657. The van der Waals surface area contributed by atoms with Gasteiger partial charge in [-0.1, -0.05) is 59.6 Å². The zero-order valence-corrected chi connectivity index (χ0v) is 16.6. The highest BCUT2D eigenvalue weighted by molar-refractivity contribution is 6.36. The van der Waals surface area contributed by atoms with Crippen molar-refractivity contribution in [3.8, 4) is 17.3 Å². The van der Waals surface area contributed by atoms with Crippen molar-refractivity contribution in [3.05, 3.63) is 69.8 Å². The van der Waals surface area contributed by atoms with Crippen molar-refractivity contribution >= 4 is 40.9 Å². The molecule has 146 valence electrons. The fourth-order valence-electron chi connectivity index (χ4n) is 3.17. The van der Waals surface area contributed by atoms with Crippen LogP contribution in [0.4, 0.5) is 5.69 Å². The molecule has 1 aliphatic heterocycles. The molecule has 0 spiro atoms. The van der Waals surface area contributed by atoms with E-state index in [1.54, 1.807) is 36.4 Å². The fraction of sp³-hybridized carbons (Fsp3) is 0.143. The smallest absolute Gasteiger partial charge is 0.317 e. The molecular weight excluding hydrogens is 413 g/mol. The summed E-state index contributed by atoms with van der Waals surface area (Å²) in [6, 6.07) is 14.3. The van der Waals surface area contributed by atoms with Gasteiger partial charge in [0.2, 0.25) is 0 Å². The van der Waals surface area contributed by atoms with Gasteiger partial charge in [-0.05, 0) is 17.7 Å². The molecule has 8 heteroatoms. The molecule has 0 saturated heterocycles. The van der Waals surface area contributed by atoms with Crippen LogP contribution in [0, 0.1) is 0 Å². The summed E-state index contributed by atoms with van der Waals surface area (Å²) in [5, 5.41) is 10.0. The van der Waals surface area contributed by atoms with Gasteiger partial charge in [-0.25, -0.2) is 4.99 Å². The van der Waals surface area contributed by atoms with Crippen LogP contribution in [0.25, 0.3) is 11.3 Å². The number of ether oxygens (including phenoxy) is 1. The van der Waals surface area contributed by atoms with Crippen LogP contribution >= 0.6 is 23.2 Å². The normalized spacial score (nSPS) is 15.3. The Labute approximate surface area is 176 Å². The lowest BCUT2D eigenvalue weighted by molar-refractivity contribution is -0.113. The van der Waals surface area contributed by atoms with Crippen LogP contribution in [-0.4, -0.2) is 40.3 Å². The van der Waals surface area contributed by atoms with Gasteiger partial charge in [-0.3, -0.25) is 4.79 Å². The van der Waals surface area contributed by atoms with Gasteiger partial charge < -0.3 is 9.84 Å². The van der Waals surface area contributed by atoms with E-state index in [9.17, 15) is 4.79 Å². The topological polar surface area (TPSA) is 84.7 Å². The first-order valence-electron chi connectivity index (χ1n) is 8.83. The van der Waals surface area contributed by atoms with E-state index in [0.717, 1.165) is 0 Å². The van der Waals surface area contributed by atoms with E-state index in [2.05, 4.69) is 15.0 Å². The molecule has 3 aromatic rings. The summed E-state index contributed by atoms with van der Waals surface area (Å²) >= 11 is 12.8. The van der Waals surface area contributed by atoms with Gasteiger partial charge in [0.1, 0.15) is 18.0 Å². The van der Waals surface area contributed by atoms with Crippen molar-refractivity contribution < 1.29 is 14.6 Å². The highest BCUT2D eigenvalue weighted by atomic mass is 35.5. The Morgan fingerprint density at radius 2 is 1.72 bits per heavy atom. The second-order valence-corrected chi connectivity index (χ2v) is 7.07. The molecule has 1 unspecified atom stereocenters. The van der Waals surface area contributed by atoms with Gasteiger partial charge >= 0.3 is 6.01 Å². The Hall–Kier alpha value is -2.80. The number of aliphatic hydroxyl groups is 1. The molecule has 2 aromatic carbocycles. The molecule has 1 atom stereocenters. The zero-order valence-electron chi connectivity index (χ0n) is 15.0. The summed E-state index contributed by atoms with van der Waals surface area (Å²) in [5.41, 5.74) is 2.49. The third-order valence-electron chi connectivity index (χ3n) is 4.44. The number of nitrogens with zero attached hydrogens (tertiary/aromatic N) is 3. The molecule has 0 aliphatic carbocycles. The van der Waals surface area contributed by atoms with Crippen LogP contribution in [0.15, 0.2) is 53.5 Å². The van der Waals surface area contributed by atoms with Gasteiger partial charge in [0.05, 0.1) is 29.5 Å². The lowest BCUT2D eigenvalue weighted by Crippen LogP contribution is -2.21. The minimum Gasteiger partial charge on any atom is -0.461 e. The van der Waals surface area contributed by atoms with Crippen molar-refractivity contribution in [3.63, 3.8) is 0 Å². The molecule has 2 heterocycles. The number of fused-ring (bicyclic) bond motifs is 1. The van der Waals surface area contributed by atoms with E-state index < -0.39 is 5.92 Å². The van der Waals surface area contributed by atoms with Crippen molar-refractivity contribution in [2.45, 2.75) is 5.92 Å². The Bertz CT molecular complexity index is 1120. The highest BCUT2D eigenvalue weighted by Gasteiger charge is 2.33. The number of aliphatic hydroxyl groups excluding tert-OH is 1. The average molecular weight is 428 g/mol. The third-order valence-corrected chi connectivity index (χ3v) is 5.11. The maximum Gasteiger partial charge on any atom is 0.317 e. The van der Waals surface area contributed by atoms with Gasteiger partial charge in [-0.15, -0.1) is 0 Å². The summed E-state index contributed by atoms with van der Waals surface area (Å²) < 4.78 is 5.46. The van der Waals surface area contributed by atoms with E-state index in [1.165, 1.54) is 6.21 Å². The lowest BCUT2D eigenvalue weighted by atomic mass is 9.88. The number of hydrogen-bond donors (Lipinski definition) is 1. The van der Waals surface area contributed by atoms with E-state index >= 15 is 0 Å². The van der Waals surface area contributed by atoms with E-state index in [1.807, 2.05) is 12.1 Å². The second-order valence-electron chi connectivity index (χ2n) is 6.26. The monoisotopic (exact) mass is 427 g/mol. The number of aromatic nitrogens is 2. The Morgan fingerprint density at radius 3 is 2.45 bits per heavy atom. The largest absolute Gasteiger partial charge is 0.461 e. The summed E-state index contributed by atoms with van der Waals surface area (Å²) in [7, 11) is 0. The summed E-state index contributed by atoms with van der Waals surface area (Å²) in [6.07, 6.45) is 1.26. The maximum absolute atomic E-state index is 12.8. The number of ketones is 1. The van der Waals surface area contributed by atoms with Crippen molar-refractivity contribution in [1.29, 1.82) is 0 Å². The fourth-order valence-corrected chi connectivity index (χ4v) is 3.64. The summed E-state index contributed by atoms with van der Waals surface area (Å²) in [6.45, 7) is -0.193. The van der Waals surface area contributed by atoms with Crippen LogP contribution in [-0.2, 0) is 4.79 Å². The van der Waals surface area contributed by atoms with E-state index in [4.69, 9.17) is 33.0 Å². The number of rotatable bonds is 5. The number of Topliss-reactive ketones (excluding diaryl/α,β-unsaturated/α-hetero) is 1. The first-order valence-corrected chi connectivity index (χ1v) is 9.58. The zero-order chi connectivity index (χ0) is 20.4. The Balaban J connectivity index is 1.97. The highest BCUT2D eigenvalue weighted by Crippen LogP contribution is 2.43. The Kier molecular flexibility index (Phi) is 5.58. The van der Waals surface area contributed by atoms with Crippen molar-refractivity contribution in [1.82, 2.24) is 9.97 Å². The van der Waals surface area contributed by atoms with E-state index in [-0.39, 0.29) is 25.0 Å².